The summed E-state index contributed by atoms with van der Waals surface area (Å²) >= 11 is 0. The van der Waals surface area contributed by atoms with Crippen LogP contribution in [0.3, 0.4) is 0 Å². The maximum absolute atomic E-state index is 2.37. The Morgan fingerprint density at radius 3 is 1.64 bits per heavy atom. The fourth-order valence-electron chi connectivity index (χ4n) is 2.60. The highest BCUT2D eigenvalue weighted by Crippen LogP contribution is 2.23. The van der Waals surface area contributed by atoms with Crippen molar-refractivity contribution in [2.45, 2.75) is 20.3 Å². The molecule has 1 nitrogen and oxygen atoms in total. The van der Waals surface area contributed by atoms with Gasteiger partial charge in [-0.3, -0.25) is 0 Å². The number of nitrogens with zero attached hydrogens (tertiary/aromatic N) is 1. The Balaban J connectivity index is 0.000001000. The van der Waals surface area contributed by atoms with Crippen LogP contribution in [0.4, 0.5) is 0 Å². The molecule has 0 spiro atoms. The normalized spacial score (nSPS) is 36.0. The van der Waals surface area contributed by atoms with Crippen LogP contribution in [0.25, 0.3) is 0 Å². The van der Waals surface area contributed by atoms with E-state index in [-0.39, 0.29) is 24.0 Å². The van der Waals surface area contributed by atoms with Gasteiger partial charge in [0.15, 0.2) is 0 Å². The van der Waals surface area contributed by atoms with Crippen LogP contribution in [0.15, 0.2) is 0 Å². The standard InChI is InChI=1S/C9H20N.HI/c1-8-5-9(2)7-10(3,4)6-8;/h8-9H,5-7H2,1-4H3;1H/q+1;/p-1/t8-,9-;/m1./s1. The molecule has 0 aromatic heterocycles. The summed E-state index contributed by atoms with van der Waals surface area (Å²) < 4.78 is 1.22. The van der Waals surface area contributed by atoms with E-state index in [2.05, 4.69) is 27.9 Å². The summed E-state index contributed by atoms with van der Waals surface area (Å²) in [6.45, 7) is 7.47. The first kappa shape index (κ1) is 11.7. The van der Waals surface area contributed by atoms with E-state index in [1.54, 1.807) is 0 Å². The Labute approximate surface area is 87.8 Å². The molecule has 1 heterocycles. The molecular weight excluding hydrogens is 249 g/mol. The third-order valence-electron chi connectivity index (χ3n) is 2.42. The highest BCUT2D eigenvalue weighted by Gasteiger charge is 2.28. The molecule has 2 heteroatoms. The molecule has 2 atom stereocenters. The number of hydrogen-bond acceptors (Lipinski definition) is 0. The number of likely N-dealkylation sites (tertiary alicyclic amines) is 1. The van der Waals surface area contributed by atoms with Gasteiger partial charge in [-0.2, -0.15) is 0 Å². The quantitative estimate of drug-likeness (QED) is 0.380. The molecule has 0 saturated carbocycles. The molecule has 0 aromatic rings. The molecule has 0 unspecified atom stereocenters. The minimum Gasteiger partial charge on any atom is -1.00 e. The van der Waals surface area contributed by atoms with E-state index in [4.69, 9.17) is 0 Å². The van der Waals surface area contributed by atoms with Crippen molar-refractivity contribution >= 4 is 0 Å². The van der Waals surface area contributed by atoms with Crippen LogP contribution in [0.5, 0.6) is 0 Å². The minimum absolute atomic E-state index is 0. The van der Waals surface area contributed by atoms with Gasteiger partial charge in [-0.15, -0.1) is 0 Å². The Morgan fingerprint density at radius 1 is 1.00 bits per heavy atom. The van der Waals surface area contributed by atoms with Crippen molar-refractivity contribution < 1.29 is 28.5 Å². The van der Waals surface area contributed by atoms with Crippen molar-refractivity contribution in [3.05, 3.63) is 0 Å². The molecule has 1 aliphatic rings. The van der Waals surface area contributed by atoms with Gasteiger partial charge in [-0.25, -0.2) is 0 Å². The monoisotopic (exact) mass is 269 g/mol. The summed E-state index contributed by atoms with van der Waals surface area (Å²) in [6.07, 6.45) is 1.43. The van der Waals surface area contributed by atoms with Crippen LogP contribution in [0.2, 0.25) is 0 Å². The summed E-state index contributed by atoms with van der Waals surface area (Å²) in [4.78, 5) is 0. The SMILES string of the molecule is C[C@@H]1C[C@@H](C)C[N+](C)(C)C1.[I-]. The Morgan fingerprint density at radius 2 is 1.36 bits per heavy atom. The van der Waals surface area contributed by atoms with E-state index >= 15 is 0 Å². The molecule has 0 aliphatic carbocycles. The lowest BCUT2D eigenvalue weighted by Gasteiger charge is -2.40. The first-order valence-electron chi connectivity index (χ1n) is 4.31. The van der Waals surface area contributed by atoms with E-state index < -0.39 is 0 Å². The average Bonchev–Trinajstić information content (AvgIpc) is 1.54. The van der Waals surface area contributed by atoms with Crippen molar-refractivity contribution in [3.63, 3.8) is 0 Å². The van der Waals surface area contributed by atoms with E-state index in [1.165, 1.54) is 24.0 Å². The zero-order valence-corrected chi connectivity index (χ0v) is 10.3. The first-order chi connectivity index (χ1) is 4.49. The lowest BCUT2D eigenvalue weighted by atomic mass is 9.91. The van der Waals surface area contributed by atoms with Gasteiger partial charge < -0.3 is 28.5 Å². The minimum atomic E-state index is 0. The van der Waals surface area contributed by atoms with Gasteiger partial charge in [-0.05, 0) is 6.42 Å². The summed E-state index contributed by atoms with van der Waals surface area (Å²) in [5, 5.41) is 0. The molecule has 1 saturated heterocycles. The van der Waals surface area contributed by atoms with Crippen LogP contribution in [0.1, 0.15) is 20.3 Å². The number of piperidine rings is 1. The topological polar surface area (TPSA) is 0 Å². The number of quaternary nitrogens is 1. The zero-order chi connectivity index (χ0) is 7.78. The predicted octanol–water partition coefficient (Wildman–Crippen LogP) is -1.26. The first-order valence-corrected chi connectivity index (χ1v) is 4.31. The highest BCUT2D eigenvalue weighted by molar-refractivity contribution is 4.64. The van der Waals surface area contributed by atoms with Gasteiger partial charge in [0.2, 0.25) is 0 Å². The van der Waals surface area contributed by atoms with Crippen molar-refractivity contribution in [1.82, 2.24) is 0 Å². The van der Waals surface area contributed by atoms with Crippen molar-refractivity contribution in [1.29, 1.82) is 0 Å². The number of halogens is 1. The number of hydrogen-bond donors (Lipinski definition) is 0. The second-order valence-corrected chi connectivity index (χ2v) is 4.75. The van der Waals surface area contributed by atoms with E-state index in [1.807, 2.05) is 0 Å². The lowest BCUT2D eigenvalue weighted by Crippen LogP contribution is -3.00. The van der Waals surface area contributed by atoms with E-state index in [0.29, 0.717) is 0 Å². The molecule has 68 valence electrons. The van der Waals surface area contributed by atoms with Gasteiger partial charge in [0, 0.05) is 11.8 Å². The third kappa shape index (κ3) is 3.74. The smallest absolute Gasteiger partial charge is 0.0808 e. The molecule has 1 rings (SSSR count). The molecule has 11 heavy (non-hydrogen) atoms. The summed E-state index contributed by atoms with van der Waals surface area (Å²) in [5.41, 5.74) is 0. The second-order valence-electron chi connectivity index (χ2n) is 4.75. The van der Waals surface area contributed by atoms with Gasteiger partial charge in [0.05, 0.1) is 27.2 Å². The second kappa shape index (κ2) is 4.08. The Kier molecular flexibility index (Phi) is 4.33. The largest absolute Gasteiger partial charge is 1.00 e. The van der Waals surface area contributed by atoms with Gasteiger partial charge in [0.1, 0.15) is 0 Å². The summed E-state index contributed by atoms with van der Waals surface area (Å²) in [6, 6.07) is 0. The Hall–Kier alpha value is 0.690. The molecule has 0 radical (unpaired) electrons. The van der Waals surface area contributed by atoms with Crippen LogP contribution >= 0.6 is 0 Å². The molecule has 0 N–H and O–H groups in total. The van der Waals surface area contributed by atoms with Crippen molar-refractivity contribution in [2.75, 3.05) is 27.2 Å². The molecule has 0 bridgehead atoms. The van der Waals surface area contributed by atoms with E-state index in [9.17, 15) is 0 Å². The number of rotatable bonds is 0. The molecule has 0 aromatic carbocycles. The summed E-state index contributed by atoms with van der Waals surface area (Å²) in [7, 11) is 4.68. The van der Waals surface area contributed by atoms with Gasteiger partial charge in [0.25, 0.3) is 0 Å². The molecule has 1 fully saturated rings. The van der Waals surface area contributed by atoms with Crippen LogP contribution in [-0.2, 0) is 0 Å². The van der Waals surface area contributed by atoms with Gasteiger partial charge in [-0.1, -0.05) is 13.8 Å². The van der Waals surface area contributed by atoms with Crippen molar-refractivity contribution in [3.8, 4) is 0 Å². The van der Waals surface area contributed by atoms with Crippen LogP contribution < -0.4 is 24.0 Å². The fraction of sp³-hybridized carbons (Fsp3) is 1.00. The van der Waals surface area contributed by atoms with Gasteiger partial charge >= 0.3 is 0 Å². The predicted molar refractivity (Wildman–Crippen MR) is 44.8 cm³/mol. The maximum atomic E-state index is 2.37. The van der Waals surface area contributed by atoms with Crippen molar-refractivity contribution in [2.24, 2.45) is 11.8 Å². The Bertz CT molecular complexity index is 111. The third-order valence-corrected chi connectivity index (χ3v) is 2.42. The van der Waals surface area contributed by atoms with E-state index in [0.717, 1.165) is 11.8 Å². The molecule has 0 amide bonds. The fourth-order valence-corrected chi connectivity index (χ4v) is 2.60. The maximum Gasteiger partial charge on any atom is 0.0808 e. The zero-order valence-electron chi connectivity index (χ0n) is 8.10. The average molecular weight is 269 g/mol. The highest BCUT2D eigenvalue weighted by atomic mass is 127. The lowest BCUT2D eigenvalue weighted by molar-refractivity contribution is -0.902. The molecular formula is C9H20IN. The van der Waals surface area contributed by atoms with Crippen LogP contribution in [0, 0.1) is 11.8 Å². The summed E-state index contributed by atoms with van der Waals surface area (Å²) in [5.74, 6) is 1.86. The van der Waals surface area contributed by atoms with Crippen LogP contribution in [-0.4, -0.2) is 31.7 Å². The molecule has 1 aliphatic heterocycles.